The molecule has 0 heterocycles. The number of rotatable bonds is 6. The second-order valence-corrected chi connectivity index (χ2v) is 20.9. The second kappa shape index (κ2) is 15.8. The summed E-state index contributed by atoms with van der Waals surface area (Å²) in [5.74, 6) is 1.49. The number of ether oxygens (including phenoxy) is 2. The third-order valence-corrected chi connectivity index (χ3v) is 16.7. The minimum atomic E-state index is -2.07. The van der Waals surface area contributed by atoms with Crippen LogP contribution in [-0.4, -0.2) is 35.3 Å². The van der Waals surface area contributed by atoms with E-state index in [2.05, 4.69) is 18.2 Å². The first kappa shape index (κ1) is 31.7. The quantitative estimate of drug-likeness (QED) is 0.220. The van der Waals surface area contributed by atoms with Crippen LogP contribution in [0.4, 0.5) is 0 Å². The van der Waals surface area contributed by atoms with E-state index in [9.17, 15) is 0 Å². The van der Waals surface area contributed by atoms with Crippen molar-refractivity contribution in [1.29, 1.82) is 0 Å². The Kier molecular flexibility index (Phi) is 12.2. The molecule has 0 atom stereocenters. The van der Waals surface area contributed by atoms with E-state index in [1.54, 1.807) is 91.3 Å². The number of hydrogen-bond donors (Lipinski definition) is 0. The Morgan fingerprint density at radius 1 is 0.683 bits per heavy atom. The molecule has 41 heavy (non-hydrogen) atoms. The third-order valence-electron chi connectivity index (χ3n) is 9.54. The van der Waals surface area contributed by atoms with Crippen LogP contribution in [0.1, 0.15) is 113 Å². The van der Waals surface area contributed by atoms with Gasteiger partial charge < -0.3 is 0 Å². The van der Waals surface area contributed by atoms with Crippen molar-refractivity contribution in [2.45, 2.75) is 113 Å². The molecule has 3 saturated carbocycles. The van der Waals surface area contributed by atoms with Gasteiger partial charge in [-0.05, 0) is 55.5 Å². The van der Waals surface area contributed by atoms with Gasteiger partial charge in [0.2, 0.25) is 0 Å². The van der Waals surface area contributed by atoms with Crippen LogP contribution < -0.4 is 9.47 Å². The van der Waals surface area contributed by atoms with Crippen molar-refractivity contribution in [3.8, 4) is 11.5 Å². The minimum absolute atomic E-state index is 0.385. The molecule has 0 bridgehead atoms. The molecule has 226 valence electrons. The molecule has 3 fully saturated rings. The van der Waals surface area contributed by atoms with Crippen LogP contribution in [0, 0.1) is 0 Å². The molecular formula is C35H47Cl2O2PRu. The van der Waals surface area contributed by atoms with Crippen LogP contribution in [0.3, 0.4) is 0 Å². The number of hydrogen-bond acceptors (Lipinski definition) is 2. The molecule has 0 aromatic heterocycles. The Balaban J connectivity index is 0.000000166. The summed E-state index contributed by atoms with van der Waals surface area (Å²) >= 11 is -2.07. The van der Waals surface area contributed by atoms with Crippen molar-refractivity contribution < 1.29 is 23.0 Å². The molecule has 4 aliphatic carbocycles. The van der Waals surface area contributed by atoms with Crippen LogP contribution in [-0.2, 0) is 13.5 Å². The molecule has 0 unspecified atom stereocenters. The van der Waals surface area contributed by atoms with Crippen LogP contribution in [0.2, 0.25) is 0 Å². The normalized spacial score (nSPS) is 20.7. The van der Waals surface area contributed by atoms with Crippen molar-refractivity contribution in [1.82, 2.24) is 0 Å². The zero-order valence-corrected chi connectivity index (χ0v) is 29.0. The van der Waals surface area contributed by atoms with Crippen LogP contribution in [0.25, 0.3) is 5.57 Å². The third kappa shape index (κ3) is 7.87. The molecule has 6 heteroatoms. The van der Waals surface area contributed by atoms with Crippen molar-refractivity contribution in [3.63, 3.8) is 0 Å². The van der Waals surface area contributed by atoms with Gasteiger partial charge in [0.05, 0.1) is 0 Å². The maximum atomic E-state index is 6.31. The van der Waals surface area contributed by atoms with Gasteiger partial charge in [-0.15, -0.1) is 0 Å². The molecule has 0 radical (unpaired) electrons. The fourth-order valence-corrected chi connectivity index (χ4v) is 14.7. The maximum absolute atomic E-state index is 6.31. The fraction of sp³-hybridized carbons (Fsp3) is 0.571. The van der Waals surface area contributed by atoms with Gasteiger partial charge >= 0.3 is 143 Å². The van der Waals surface area contributed by atoms with Gasteiger partial charge in [0.15, 0.2) is 0 Å². The summed E-state index contributed by atoms with van der Waals surface area (Å²) in [6, 6.07) is 14.1. The molecule has 2 aromatic rings. The number of halogens is 2. The fourth-order valence-electron chi connectivity index (χ4n) is 7.59. The van der Waals surface area contributed by atoms with E-state index in [0.29, 0.717) is 7.92 Å². The average Bonchev–Trinajstić information content (AvgIpc) is 3.43. The molecule has 2 nitrogen and oxygen atoms in total. The van der Waals surface area contributed by atoms with Gasteiger partial charge in [-0.3, -0.25) is 0 Å². The van der Waals surface area contributed by atoms with E-state index in [1.165, 1.54) is 36.2 Å². The molecule has 0 aliphatic heterocycles. The molecule has 0 saturated heterocycles. The van der Waals surface area contributed by atoms with Crippen LogP contribution >= 0.6 is 27.3 Å². The Morgan fingerprint density at radius 2 is 1.20 bits per heavy atom. The van der Waals surface area contributed by atoms with Gasteiger partial charge in [-0.1, -0.05) is 65.7 Å². The number of methoxy groups -OCH3 is 2. The average molecular weight is 703 g/mol. The summed E-state index contributed by atoms with van der Waals surface area (Å²) in [5, 5.41) is 0. The van der Waals surface area contributed by atoms with E-state index >= 15 is 0 Å². The van der Waals surface area contributed by atoms with E-state index < -0.39 is 13.5 Å². The summed E-state index contributed by atoms with van der Waals surface area (Å²) in [6.45, 7) is 0. The topological polar surface area (TPSA) is 18.5 Å². The van der Waals surface area contributed by atoms with E-state index in [-0.39, 0.29) is 0 Å². The first-order valence-corrected chi connectivity index (χ1v) is 22.7. The van der Waals surface area contributed by atoms with Gasteiger partial charge in [-0.25, -0.2) is 0 Å². The second-order valence-electron chi connectivity index (χ2n) is 12.0. The van der Waals surface area contributed by atoms with Crippen LogP contribution in [0.15, 0.2) is 48.5 Å². The van der Waals surface area contributed by atoms with Crippen LogP contribution in [0.5, 0.6) is 11.5 Å². The summed E-state index contributed by atoms with van der Waals surface area (Å²) in [5.41, 5.74) is 7.84. The SMILES string of the molecule is C1CCC(P(C2CCCCC2)C2CCCCC2)CC1.COc1cc(OC)c2c(c1)C(c1ccccc1)=C[C]2=[Ru]([Cl])[Cl]. The first-order valence-electron chi connectivity index (χ1n) is 15.8. The Bertz CT molecular complexity index is 1150. The summed E-state index contributed by atoms with van der Waals surface area (Å²) in [6.07, 6.45) is 25.7. The van der Waals surface area contributed by atoms with Crippen molar-refractivity contribution in [2.24, 2.45) is 0 Å². The van der Waals surface area contributed by atoms with Crippen molar-refractivity contribution >= 4 is 37.0 Å². The van der Waals surface area contributed by atoms with E-state index in [1.807, 2.05) is 30.3 Å². The monoisotopic (exact) mass is 702 g/mol. The number of benzene rings is 2. The number of fused-ring (bicyclic) bond motifs is 1. The summed E-state index contributed by atoms with van der Waals surface area (Å²) < 4.78 is 11.9. The van der Waals surface area contributed by atoms with Gasteiger partial charge in [0.25, 0.3) is 0 Å². The molecule has 0 N–H and O–H groups in total. The number of allylic oxidation sites excluding steroid dienone is 1. The molecule has 4 aliphatic rings. The molecule has 2 aromatic carbocycles. The van der Waals surface area contributed by atoms with Gasteiger partial charge in [0, 0.05) is 0 Å². The predicted octanol–water partition coefficient (Wildman–Crippen LogP) is 11.1. The summed E-state index contributed by atoms with van der Waals surface area (Å²) in [4.78, 5) is 0. The Morgan fingerprint density at radius 3 is 1.63 bits per heavy atom. The van der Waals surface area contributed by atoms with Crippen molar-refractivity contribution in [2.75, 3.05) is 14.2 Å². The summed E-state index contributed by atoms with van der Waals surface area (Å²) in [7, 11) is 16.3. The zero-order chi connectivity index (χ0) is 28.6. The molecule has 0 spiro atoms. The van der Waals surface area contributed by atoms with E-state index in [0.717, 1.165) is 37.9 Å². The molecule has 6 rings (SSSR count). The molecular weight excluding hydrogens is 655 g/mol. The predicted molar refractivity (Wildman–Crippen MR) is 176 cm³/mol. The van der Waals surface area contributed by atoms with Crippen molar-refractivity contribution in [3.05, 3.63) is 65.2 Å². The molecule has 0 amide bonds. The van der Waals surface area contributed by atoms with Gasteiger partial charge in [-0.2, -0.15) is 0 Å². The zero-order valence-electron chi connectivity index (χ0n) is 24.8. The standard InChI is InChI=1S/C18H33P.C17H14O2.2ClH.Ru/c1-4-10-16(11-5-1)19(17-12-6-2-7-13-17)18-14-8-3-9-15-18;1-18-13-10-16-14(12-6-4-3-5-7-12)8-9-15(16)17(11-13)19-2;;;/h16-18H,1-15H2;3-8,10-11H,1-2H3;2*1H;/q;;;;+2/p-2. The Labute approximate surface area is 262 Å². The first-order chi connectivity index (χ1) is 20.1. The Hall–Kier alpha value is -0.717. The van der Waals surface area contributed by atoms with Gasteiger partial charge in [0.1, 0.15) is 0 Å². The van der Waals surface area contributed by atoms with E-state index in [4.69, 9.17) is 28.9 Å².